The standard InChI is InChI=1S/C2H5BrO.CH2O3.2Cs/c1-2(3)4;2-1(3)4;;/h2,4H,1H3;(H2,2,3,4);;/q;;2*+1/p-2. The molecular formula is C3H5BrCs2O4. The van der Waals surface area contributed by atoms with Crippen LogP contribution in [0.4, 0.5) is 4.79 Å². The molecule has 0 aromatic heterocycles. The van der Waals surface area contributed by atoms with Crippen molar-refractivity contribution in [3.63, 3.8) is 0 Å². The summed E-state index contributed by atoms with van der Waals surface area (Å²) in [6.07, 6.45) is -2.33. The first kappa shape index (κ1) is 23.6. The Morgan fingerprint density at radius 2 is 1.50 bits per heavy atom. The van der Waals surface area contributed by atoms with Gasteiger partial charge < -0.3 is 20.1 Å². The smallest absolute Gasteiger partial charge is 0.652 e. The zero-order valence-corrected chi connectivity index (χ0v) is 20.3. The van der Waals surface area contributed by atoms with E-state index in [0.29, 0.717) is 0 Å². The molecule has 0 rings (SSSR count). The number of carboxylic acid groups (broad SMARTS) is 2. The summed E-state index contributed by atoms with van der Waals surface area (Å²) in [6, 6.07) is 0. The van der Waals surface area contributed by atoms with E-state index in [1.807, 2.05) is 0 Å². The second-order valence-electron chi connectivity index (χ2n) is 0.824. The van der Waals surface area contributed by atoms with Gasteiger partial charge in [-0.1, -0.05) is 15.9 Å². The molecule has 0 spiro atoms. The number of rotatable bonds is 0. The van der Waals surface area contributed by atoms with Gasteiger partial charge >= 0.3 is 138 Å². The number of hydrogen-bond acceptors (Lipinski definition) is 4. The molecule has 0 aliphatic rings. The van der Waals surface area contributed by atoms with E-state index in [-0.39, 0.29) is 143 Å². The number of carbonyl (C=O) groups is 1. The zero-order valence-electron chi connectivity index (χ0n) is 6.13. The molecule has 1 atom stereocenters. The third-order valence-corrected chi connectivity index (χ3v) is 0. The quantitative estimate of drug-likeness (QED) is 0.372. The topological polar surface area (TPSA) is 83.4 Å². The molecule has 0 fully saturated rings. The maximum Gasteiger partial charge on any atom is 1.00 e. The van der Waals surface area contributed by atoms with Gasteiger partial charge in [-0.3, -0.25) is 0 Å². The van der Waals surface area contributed by atoms with E-state index in [1.165, 1.54) is 0 Å². The van der Waals surface area contributed by atoms with E-state index in [4.69, 9.17) is 20.1 Å². The van der Waals surface area contributed by atoms with Gasteiger partial charge in [-0.25, -0.2) is 0 Å². The first-order valence-corrected chi connectivity index (χ1v) is 2.58. The molecule has 0 heterocycles. The first-order chi connectivity index (χ1) is 3.46. The summed E-state index contributed by atoms with van der Waals surface area (Å²) >= 11 is 2.83. The molecule has 50 valence electrons. The number of carbonyl (C=O) groups excluding carboxylic acids is 1. The van der Waals surface area contributed by atoms with Crippen molar-refractivity contribution in [1.29, 1.82) is 0 Å². The Balaban J connectivity index is -0.0000000300. The van der Waals surface area contributed by atoms with Gasteiger partial charge in [-0.2, -0.15) is 0 Å². The molecule has 0 aliphatic heterocycles. The van der Waals surface area contributed by atoms with Crippen molar-refractivity contribution in [2.75, 3.05) is 0 Å². The van der Waals surface area contributed by atoms with Crippen LogP contribution >= 0.6 is 15.9 Å². The van der Waals surface area contributed by atoms with Crippen molar-refractivity contribution >= 4 is 22.1 Å². The number of hydrogen-bond donors (Lipinski definition) is 1. The summed E-state index contributed by atoms with van der Waals surface area (Å²) in [4.78, 5) is 8.33. The molecule has 0 radical (unpaired) electrons. The molecule has 1 N–H and O–H groups in total. The second-order valence-corrected chi connectivity index (χ2v) is 2.15. The van der Waals surface area contributed by atoms with Crippen LogP contribution in [0.3, 0.4) is 0 Å². The maximum atomic E-state index is 8.33. The summed E-state index contributed by atoms with van der Waals surface area (Å²) in [7, 11) is 0. The van der Waals surface area contributed by atoms with Crippen LogP contribution in [0.5, 0.6) is 0 Å². The molecule has 1 unspecified atom stereocenters. The summed E-state index contributed by atoms with van der Waals surface area (Å²) in [5, 5.41) is 24.3. The molecule has 0 bridgehead atoms. The molecule has 7 heteroatoms. The van der Waals surface area contributed by atoms with Crippen molar-refractivity contribution in [1.82, 2.24) is 0 Å². The third kappa shape index (κ3) is 95.0. The van der Waals surface area contributed by atoms with E-state index < -0.39 is 6.16 Å². The number of alkyl halides is 1. The van der Waals surface area contributed by atoms with Crippen LogP contribution in [-0.2, 0) is 0 Å². The summed E-state index contributed by atoms with van der Waals surface area (Å²) in [5.74, 6) is 0. The fraction of sp³-hybridized carbons (Fsp3) is 0.667. The molecule has 0 saturated carbocycles. The SMILES string of the molecule is CC(O)Br.O=C([O-])[O-].[Cs+].[Cs+]. The van der Waals surface area contributed by atoms with Gasteiger partial charge in [0.2, 0.25) is 0 Å². The average molecular weight is 451 g/mol. The van der Waals surface area contributed by atoms with Gasteiger partial charge in [-0.15, -0.1) is 0 Å². The van der Waals surface area contributed by atoms with E-state index in [0.717, 1.165) is 0 Å². The van der Waals surface area contributed by atoms with Crippen molar-refractivity contribution in [3.05, 3.63) is 0 Å². The zero-order chi connectivity index (χ0) is 7.15. The van der Waals surface area contributed by atoms with Crippen molar-refractivity contribution in [2.45, 2.75) is 11.9 Å². The monoisotopic (exact) mass is 450 g/mol. The summed E-state index contributed by atoms with van der Waals surface area (Å²) in [5.41, 5.74) is 0. The summed E-state index contributed by atoms with van der Waals surface area (Å²) < 4.78 is 0. The minimum atomic E-state index is -2.33. The van der Waals surface area contributed by atoms with E-state index in [2.05, 4.69) is 15.9 Å². The van der Waals surface area contributed by atoms with Crippen molar-refractivity contribution in [2.24, 2.45) is 0 Å². The largest absolute Gasteiger partial charge is 1.00 e. The van der Waals surface area contributed by atoms with Gasteiger partial charge in [0, 0.05) is 0 Å². The van der Waals surface area contributed by atoms with Gasteiger partial charge in [0.15, 0.2) is 0 Å². The van der Waals surface area contributed by atoms with Crippen LogP contribution in [0.1, 0.15) is 6.92 Å². The van der Waals surface area contributed by atoms with Crippen LogP contribution in [-0.4, -0.2) is 16.3 Å². The number of aliphatic hydroxyl groups is 1. The Kier molecular flexibility index (Phi) is 43.7. The van der Waals surface area contributed by atoms with Gasteiger partial charge in [0.25, 0.3) is 0 Å². The van der Waals surface area contributed by atoms with Crippen molar-refractivity contribution in [3.8, 4) is 0 Å². The van der Waals surface area contributed by atoms with Crippen LogP contribution < -0.4 is 148 Å². The van der Waals surface area contributed by atoms with E-state index in [1.54, 1.807) is 6.92 Å². The Labute approximate surface area is 185 Å². The molecule has 0 saturated heterocycles. The van der Waals surface area contributed by atoms with Gasteiger partial charge in [0.05, 0.1) is 0 Å². The van der Waals surface area contributed by atoms with Crippen molar-refractivity contribution < 1.29 is 158 Å². The van der Waals surface area contributed by atoms with Gasteiger partial charge in [0.1, 0.15) is 5.01 Å². The Hall–Kier alpha value is 3.81. The van der Waals surface area contributed by atoms with E-state index >= 15 is 0 Å². The molecule has 10 heavy (non-hydrogen) atoms. The summed E-state index contributed by atoms with van der Waals surface area (Å²) in [6.45, 7) is 1.64. The minimum absolute atomic E-state index is 0. The van der Waals surface area contributed by atoms with Gasteiger partial charge in [-0.05, 0) is 13.1 Å². The Bertz CT molecular complexity index is 62.8. The molecule has 0 aliphatic carbocycles. The average Bonchev–Trinajstić information content (AvgIpc) is 1.25. The Morgan fingerprint density at radius 1 is 1.50 bits per heavy atom. The van der Waals surface area contributed by atoms with Crippen LogP contribution in [0.2, 0.25) is 0 Å². The fourth-order valence-electron chi connectivity index (χ4n) is 0. The normalized spacial score (nSPS) is 8.70. The Morgan fingerprint density at radius 3 is 1.50 bits per heavy atom. The minimum Gasteiger partial charge on any atom is -0.652 e. The van der Waals surface area contributed by atoms with Crippen LogP contribution in [0.25, 0.3) is 0 Å². The number of halogens is 1. The molecule has 4 nitrogen and oxygen atoms in total. The number of aliphatic hydroxyl groups excluding tert-OH is 1. The van der Waals surface area contributed by atoms with Crippen LogP contribution in [0, 0.1) is 0 Å². The second kappa shape index (κ2) is 18.6. The predicted molar refractivity (Wildman–Crippen MR) is 26.0 cm³/mol. The maximum absolute atomic E-state index is 8.33. The molecule has 0 aromatic rings. The molecule has 0 aromatic carbocycles. The first-order valence-electron chi connectivity index (χ1n) is 1.67. The van der Waals surface area contributed by atoms with Crippen LogP contribution in [0.15, 0.2) is 0 Å². The fourth-order valence-corrected chi connectivity index (χ4v) is 0. The predicted octanol–water partition coefficient (Wildman–Crippen LogP) is -7.72. The molecular weight excluding hydrogens is 446 g/mol. The third-order valence-electron chi connectivity index (χ3n) is 0. The van der Waals surface area contributed by atoms with E-state index in [9.17, 15) is 0 Å². The molecule has 0 amide bonds.